The lowest BCUT2D eigenvalue weighted by molar-refractivity contribution is 0.0437. The van der Waals surface area contributed by atoms with E-state index in [2.05, 4.69) is 20.6 Å². The number of hydrogen-bond acceptors (Lipinski definition) is 4. The molecule has 2 N–H and O–H groups in total. The quantitative estimate of drug-likeness (QED) is 0.600. The van der Waals surface area contributed by atoms with E-state index in [1.54, 1.807) is 6.92 Å². The lowest BCUT2D eigenvalue weighted by atomic mass is 10.0. The van der Waals surface area contributed by atoms with Crippen LogP contribution in [0, 0.1) is 0 Å². The van der Waals surface area contributed by atoms with Crippen LogP contribution in [0.3, 0.4) is 0 Å². The van der Waals surface area contributed by atoms with Crippen LogP contribution in [0.15, 0.2) is 0 Å². The van der Waals surface area contributed by atoms with Gasteiger partial charge in [0.1, 0.15) is 5.60 Å². The van der Waals surface area contributed by atoms with Gasteiger partial charge in [-0.3, -0.25) is 0 Å². The summed E-state index contributed by atoms with van der Waals surface area (Å²) in [5.74, 6) is 0.343. The molecule has 1 atom stereocenters. The first-order valence-electron chi connectivity index (χ1n) is 3.13. The van der Waals surface area contributed by atoms with E-state index in [1.807, 2.05) is 6.92 Å². The number of nitrogens with zero attached hydrogens (tertiary/aromatic N) is 3. The molecule has 10 heavy (non-hydrogen) atoms. The van der Waals surface area contributed by atoms with E-state index < -0.39 is 5.60 Å². The van der Waals surface area contributed by atoms with Crippen molar-refractivity contribution in [3.05, 3.63) is 5.82 Å². The molecule has 0 aliphatic rings. The highest BCUT2D eigenvalue weighted by atomic mass is 16.3. The SMILES string of the molecule is CCC(C)(O)c1nn[nH]n1. The lowest BCUT2D eigenvalue weighted by Crippen LogP contribution is -2.21. The van der Waals surface area contributed by atoms with Gasteiger partial charge in [0.05, 0.1) is 0 Å². The summed E-state index contributed by atoms with van der Waals surface area (Å²) in [6, 6.07) is 0. The molecule has 1 heterocycles. The van der Waals surface area contributed by atoms with Gasteiger partial charge in [-0.05, 0) is 13.3 Å². The van der Waals surface area contributed by atoms with Crippen LogP contribution in [0.4, 0.5) is 0 Å². The Balaban J connectivity index is 2.85. The fourth-order valence-corrected chi connectivity index (χ4v) is 0.548. The summed E-state index contributed by atoms with van der Waals surface area (Å²) in [5, 5.41) is 22.4. The number of tetrazole rings is 1. The predicted octanol–water partition coefficient (Wildman–Crippen LogP) is -0.183. The second-order valence-corrected chi connectivity index (χ2v) is 2.36. The third-order valence-electron chi connectivity index (χ3n) is 1.52. The summed E-state index contributed by atoms with van der Waals surface area (Å²) in [6.45, 7) is 3.51. The van der Waals surface area contributed by atoms with Crippen molar-refractivity contribution in [1.82, 2.24) is 20.6 Å². The lowest BCUT2D eigenvalue weighted by Gasteiger charge is -2.14. The van der Waals surface area contributed by atoms with Crippen LogP contribution >= 0.6 is 0 Å². The van der Waals surface area contributed by atoms with Gasteiger partial charge in [-0.25, -0.2) is 0 Å². The van der Waals surface area contributed by atoms with Crippen molar-refractivity contribution < 1.29 is 5.11 Å². The molecule has 0 spiro atoms. The molecule has 0 aliphatic heterocycles. The molecule has 1 aromatic rings. The van der Waals surface area contributed by atoms with E-state index in [0.717, 1.165) is 0 Å². The summed E-state index contributed by atoms with van der Waals surface area (Å²) < 4.78 is 0. The van der Waals surface area contributed by atoms with Gasteiger partial charge in [0.15, 0.2) is 0 Å². The summed E-state index contributed by atoms with van der Waals surface area (Å²) >= 11 is 0. The average molecular weight is 142 g/mol. The summed E-state index contributed by atoms with van der Waals surface area (Å²) in [5.41, 5.74) is -0.951. The number of H-pyrrole nitrogens is 1. The maximum absolute atomic E-state index is 9.50. The molecule has 1 unspecified atom stereocenters. The Morgan fingerprint density at radius 3 is 2.80 bits per heavy atom. The molecule has 5 nitrogen and oxygen atoms in total. The highest BCUT2D eigenvalue weighted by Gasteiger charge is 2.24. The van der Waals surface area contributed by atoms with Crippen LogP contribution in [0.25, 0.3) is 0 Å². The standard InChI is InChI=1S/C5H10N4O/c1-3-5(2,10)4-6-8-9-7-4/h10H,3H2,1-2H3,(H,6,7,8,9). The maximum Gasteiger partial charge on any atom is 0.205 e. The minimum atomic E-state index is -0.951. The average Bonchev–Trinajstić information content (AvgIpc) is 2.38. The Bertz CT molecular complexity index is 193. The highest BCUT2D eigenvalue weighted by Crippen LogP contribution is 2.17. The Morgan fingerprint density at radius 2 is 2.40 bits per heavy atom. The van der Waals surface area contributed by atoms with E-state index in [1.165, 1.54) is 0 Å². The van der Waals surface area contributed by atoms with Gasteiger partial charge in [-0.2, -0.15) is 5.21 Å². The molecular formula is C5H10N4O. The topological polar surface area (TPSA) is 74.7 Å². The number of aromatic amines is 1. The fourth-order valence-electron chi connectivity index (χ4n) is 0.548. The third kappa shape index (κ3) is 1.13. The van der Waals surface area contributed by atoms with Gasteiger partial charge in [0, 0.05) is 0 Å². The van der Waals surface area contributed by atoms with Crippen LogP contribution in [0.2, 0.25) is 0 Å². The van der Waals surface area contributed by atoms with Crippen LogP contribution in [-0.4, -0.2) is 25.7 Å². The van der Waals surface area contributed by atoms with Crippen molar-refractivity contribution in [3.63, 3.8) is 0 Å². The molecule has 0 aromatic carbocycles. The molecule has 0 saturated carbocycles. The Morgan fingerprint density at radius 1 is 1.70 bits per heavy atom. The van der Waals surface area contributed by atoms with E-state index in [4.69, 9.17) is 0 Å². The van der Waals surface area contributed by atoms with E-state index in [0.29, 0.717) is 12.2 Å². The van der Waals surface area contributed by atoms with Gasteiger partial charge in [0.2, 0.25) is 5.82 Å². The molecule has 56 valence electrons. The molecule has 0 bridgehead atoms. The van der Waals surface area contributed by atoms with E-state index in [9.17, 15) is 5.11 Å². The Hall–Kier alpha value is -0.970. The summed E-state index contributed by atoms with van der Waals surface area (Å²) in [7, 11) is 0. The molecule has 5 heteroatoms. The van der Waals surface area contributed by atoms with Crippen LogP contribution < -0.4 is 0 Å². The smallest absolute Gasteiger partial charge is 0.205 e. The predicted molar refractivity (Wildman–Crippen MR) is 34.0 cm³/mol. The second kappa shape index (κ2) is 2.34. The van der Waals surface area contributed by atoms with Gasteiger partial charge in [-0.1, -0.05) is 12.1 Å². The van der Waals surface area contributed by atoms with Crippen molar-refractivity contribution >= 4 is 0 Å². The Labute approximate surface area is 58.5 Å². The highest BCUT2D eigenvalue weighted by molar-refractivity contribution is 4.92. The molecule has 0 fully saturated rings. The van der Waals surface area contributed by atoms with Gasteiger partial charge in [0.25, 0.3) is 0 Å². The zero-order chi connectivity index (χ0) is 7.61. The molecule has 1 aromatic heterocycles. The zero-order valence-electron chi connectivity index (χ0n) is 6.00. The third-order valence-corrected chi connectivity index (χ3v) is 1.52. The second-order valence-electron chi connectivity index (χ2n) is 2.36. The van der Waals surface area contributed by atoms with Gasteiger partial charge >= 0.3 is 0 Å². The van der Waals surface area contributed by atoms with Gasteiger partial charge < -0.3 is 5.11 Å². The van der Waals surface area contributed by atoms with Crippen molar-refractivity contribution in [2.45, 2.75) is 25.9 Å². The molecule has 0 aliphatic carbocycles. The first-order valence-corrected chi connectivity index (χ1v) is 3.13. The number of aromatic nitrogens is 4. The van der Waals surface area contributed by atoms with E-state index >= 15 is 0 Å². The van der Waals surface area contributed by atoms with Crippen LogP contribution in [-0.2, 0) is 5.60 Å². The van der Waals surface area contributed by atoms with Crippen LogP contribution in [0.5, 0.6) is 0 Å². The number of aliphatic hydroxyl groups is 1. The molecule has 1 rings (SSSR count). The molecule has 0 amide bonds. The first kappa shape index (κ1) is 7.14. The minimum absolute atomic E-state index is 0.343. The molecule has 0 saturated heterocycles. The van der Waals surface area contributed by atoms with E-state index in [-0.39, 0.29) is 0 Å². The Kier molecular flexibility index (Phi) is 1.67. The number of hydrogen-bond donors (Lipinski definition) is 2. The normalized spacial score (nSPS) is 16.7. The largest absolute Gasteiger partial charge is 0.382 e. The number of rotatable bonds is 2. The molecule has 0 radical (unpaired) electrons. The van der Waals surface area contributed by atoms with Crippen molar-refractivity contribution in [3.8, 4) is 0 Å². The zero-order valence-corrected chi connectivity index (χ0v) is 6.00. The van der Waals surface area contributed by atoms with Crippen molar-refractivity contribution in [2.75, 3.05) is 0 Å². The molecular weight excluding hydrogens is 132 g/mol. The first-order chi connectivity index (χ1) is 4.67. The van der Waals surface area contributed by atoms with Crippen LogP contribution in [0.1, 0.15) is 26.1 Å². The maximum atomic E-state index is 9.50. The summed E-state index contributed by atoms with van der Waals surface area (Å²) in [6.07, 6.45) is 0.576. The monoisotopic (exact) mass is 142 g/mol. The van der Waals surface area contributed by atoms with Crippen molar-refractivity contribution in [2.24, 2.45) is 0 Å². The number of nitrogens with one attached hydrogen (secondary N) is 1. The minimum Gasteiger partial charge on any atom is -0.382 e. The summed E-state index contributed by atoms with van der Waals surface area (Å²) in [4.78, 5) is 0. The fraction of sp³-hybridized carbons (Fsp3) is 0.800. The van der Waals surface area contributed by atoms with Gasteiger partial charge in [-0.15, -0.1) is 10.2 Å². The van der Waals surface area contributed by atoms with Crippen molar-refractivity contribution in [1.29, 1.82) is 0 Å².